The molecule has 2 aromatic rings. The molecule has 112 valence electrons. The normalized spacial score (nSPS) is 11.4. The zero-order chi connectivity index (χ0) is 15.6. The second kappa shape index (κ2) is 5.73. The van der Waals surface area contributed by atoms with E-state index in [1.165, 1.54) is 0 Å². The van der Waals surface area contributed by atoms with E-state index in [0.717, 1.165) is 11.4 Å². The van der Waals surface area contributed by atoms with Crippen LogP contribution < -0.4 is 11.1 Å². The Morgan fingerprint density at radius 3 is 2.71 bits per heavy atom. The molecule has 6 nitrogen and oxygen atoms in total. The van der Waals surface area contributed by atoms with Crippen molar-refractivity contribution in [2.45, 2.75) is 32.9 Å². The van der Waals surface area contributed by atoms with E-state index in [0.29, 0.717) is 17.1 Å². The number of anilines is 1. The van der Waals surface area contributed by atoms with Gasteiger partial charge in [-0.3, -0.25) is 4.79 Å². The number of amides is 1. The van der Waals surface area contributed by atoms with Crippen LogP contribution in [0.25, 0.3) is 0 Å². The van der Waals surface area contributed by atoms with Gasteiger partial charge in [-0.2, -0.15) is 0 Å². The fourth-order valence-corrected chi connectivity index (χ4v) is 1.93. The molecule has 1 aromatic heterocycles. The summed E-state index contributed by atoms with van der Waals surface area (Å²) in [4.78, 5) is 11.2. The minimum atomic E-state index is -0.553. The smallest absolute Gasteiger partial charge is 0.250 e. The molecule has 0 radical (unpaired) electrons. The molecule has 0 aliphatic carbocycles. The van der Waals surface area contributed by atoms with Crippen molar-refractivity contribution >= 4 is 23.2 Å². The average molecular weight is 308 g/mol. The van der Waals surface area contributed by atoms with Crippen LogP contribution in [0.1, 0.15) is 36.8 Å². The van der Waals surface area contributed by atoms with Gasteiger partial charge in [0.2, 0.25) is 5.91 Å². The summed E-state index contributed by atoms with van der Waals surface area (Å²) in [6.07, 6.45) is 1.89. The molecular formula is C14H18ClN5O. The maximum Gasteiger partial charge on any atom is 0.250 e. The van der Waals surface area contributed by atoms with Crippen molar-refractivity contribution in [2.75, 3.05) is 5.32 Å². The molecule has 0 bridgehead atoms. The Bertz CT molecular complexity index is 660. The lowest BCUT2D eigenvalue weighted by Crippen LogP contribution is -2.22. The number of halogens is 1. The molecule has 1 heterocycles. The first-order valence-corrected chi connectivity index (χ1v) is 6.90. The van der Waals surface area contributed by atoms with Crippen LogP contribution in [-0.4, -0.2) is 20.9 Å². The van der Waals surface area contributed by atoms with E-state index in [1.54, 1.807) is 22.9 Å². The van der Waals surface area contributed by atoms with Gasteiger partial charge in [0, 0.05) is 5.69 Å². The standard InChI is InChI=1S/C14H18ClN5O/c1-14(2,3)20-8-10(18-19-20)7-17-9-4-5-12(15)11(6-9)13(16)21/h4-6,8,17H,7H2,1-3H3,(H2,16,21). The maximum absolute atomic E-state index is 11.2. The van der Waals surface area contributed by atoms with E-state index in [4.69, 9.17) is 17.3 Å². The van der Waals surface area contributed by atoms with E-state index in [2.05, 4.69) is 36.4 Å². The average Bonchev–Trinajstić information content (AvgIpc) is 2.86. The van der Waals surface area contributed by atoms with E-state index in [-0.39, 0.29) is 5.54 Å². The first-order chi connectivity index (χ1) is 9.77. The highest BCUT2D eigenvalue weighted by molar-refractivity contribution is 6.33. The van der Waals surface area contributed by atoms with Gasteiger partial charge in [0.1, 0.15) is 5.69 Å². The summed E-state index contributed by atoms with van der Waals surface area (Å²) in [5.41, 5.74) is 7.00. The third kappa shape index (κ3) is 3.72. The first kappa shape index (κ1) is 15.3. The highest BCUT2D eigenvalue weighted by atomic mass is 35.5. The summed E-state index contributed by atoms with van der Waals surface area (Å²) in [6, 6.07) is 5.04. The number of nitrogens with zero attached hydrogens (tertiary/aromatic N) is 3. The van der Waals surface area contributed by atoms with E-state index < -0.39 is 5.91 Å². The molecular weight excluding hydrogens is 290 g/mol. The van der Waals surface area contributed by atoms with Crippen molar-refractivity contribution in [3.63, 3.8) is 0 Å². The van der Waals surface area contributed by atoms with Gasteiger partial charge in [-0.25, -0.2) is 4.68 Å². The minimum absolute atomic E-state index is 0.106. The Labute approximate surface area is 128 Å². The Hall–Kier alpha value is -2.08. The van der Waals surface area contributed by atoms with Gasteiger partial charge in [0.15, 0.2) is 0 Å². The first-order valence-electron chi connectivity index (χ1n) is 6.52. The van der Waals surface area contributed by atoms with Gasteiger partial charge in [-0.1, -0.05) is 16.8 Å². The van der Waals surface area contributed by atoms with Crippen LogP contribution in [0, 0.1) is 0 Å². The number of carbonyl (C=O) groups excluding carboxylic acids is 1. The molecule has 0 aliphatic heterocycles. The Morgan fingerprint density at radius 2 is 2.14 bits per heavy atom. The van der Waals surface area contributed by atoms with Crippen LogP contribution in [0.4, 0.5) is 5.69 Å². The Balaban J connectivity index is 2.08. The molecule has 0 unspecified atom stereocenters. The number of aromatic nitrogens is 3. The van der Waals surface area contributed by atoms with Crippen LogP contribution in [0.3, 0.4) is 0 Å². The highest BCUT2D eigenvalue weighted by Crippen LogP contribution is 2.20. The van der Waals surface area contributed by atoms with Crippen LogP contribution in [-0.2, 0) is 12.1 Å². The quantitative estimate of drug-likeness (QED) is 0.908. The predicted octanol–water partition coefficient (Wildman–Crippen LogP) is 2.40. The predicted molar refractivity (Wildman–Crippen MR) is 82.3 cm³/mol. The molecule has 21 heavy (non-hydrogen) atoms. The molecule has 3 N–H and O–H groups in total. The SMILES string of the molecule is CC(C)(C)n1cc(CNc2ccc(Cl)c(C(N)=O)c2)nn1. The number of benzene rings is 1. The number of nitrogens with one attached hydrogen (secondary N) is 1. The van der Waals surface area contributed by atoms with E-state index in [1.807, 2.05) is 6.20 Å². The van der Waals surface area contributed by atoms with Crippen molar-refractivity contribution in [1.29, 1.82) is 0 Å². The number of primary amides is 1. The molecule has 0 saturated carbocycles. The van der Waals surface area contributed by atoms with E-state index in [9.17, 15) is 4.79 Å². The van der Waals surface area contributed by atoms with Gasteiger partial charge < -0.3 is 11.1 Å². The summed E-state index contributed by atoms with van der Waals surface area (Å²) in [5.74, 6) is -0.553. The number of hydrogen-bond donors (Lipinski definition) is 2. The summed E-state index contributed by atoms with van der Waals surface area (Å²) in [7, 11) is 0. The molecule has 0 saturated heterocycles. The summed E-state index contributed by atoms with van der Waals surface area (Å²) < 4.78 is 1.81. The van der Waals surface area contributed by atoms with Gasteiger partial charge in [0.05, 0.1) is 28.9 Å². The van der Waals surface area contributed by atoms with E-state index >= 15 is 0 Å². The summed E-state index contributed by atoms with van der Waals surface area (Å²) in [5, 5.41) is 11.7. The van der Waals surface area contributed by atoms with Crippen molar-refractivity contribution in [3.05, 3.63) is 40.7 Å². The Kier molecular flexibility index (Phi) is 4.18. The van der Waals surface area contributed by atoms with Crippen LogP contribution in [0.15, 0.2) is 24.4 Å². The molecule has 2 rings (SSSR count). The maximum atomic E-state index is 11.2. The lowest BCUT2D eigenvalue weighted by Gasteiger charge is -2.17. The van der Waals surface area contributed by atoms with Crippen LogP contribution in [0.2, 0.25) is 5.02 Å². The van der Waals surface area contributed by atoms with Crippen molar-refractivity contribution < 1.29 is 4.79 Å². The molecule has 0 fully saturated rings. The molecule has 7 heteroatoms. The van der Waals surface area contributed by atoms with Gasteiger partial charge >= 0.3 is 0 Å². The lowest BCUT2D eigenvalue weighted by atomic mass is 10.1. The highest BCUT2D eigenvalue weighted by Gasteiger charge is 2.15. The zero-order valence-electron chi connectivity index (χ0n) is 12.2. The topological polar surface area (TPSA) is 85.8 Å². The fraction of sp³-hybridized carbons (Fsp3) is 0.357. The molecule has 0 spiro atoms. The monoisotopic (exact) mass is 307 g/mol. The molecule has 1 aromatic carbocycles. The van der Waals surface area contributed by atoms with Crippen molar-refractivity contribution in [1.82, 2.24) is 15.0 Å². The number of carbonyl (C=O) groups is 1. The van der Waals surface area contributed by atoms with Crippen molar-refractivity contribution in [3.8, 4) is 0 Å². The van der Waals surface area contributed by atoms with Crippen LogP contribution in [0.5, 0.6) is 0 Å². The largest absolute Gasteiger partial charge is 0.379 e. The summed E-state index contributed by atoms with van der Waals surface area (Å²) >= 11 is 5.91. The lowest BCUT2D eigenvalue weighted by molar-refractivity contribution is 0.100. The van der Waals surface area contributed by atoms with Crippen LogP contribution >= 0.6 is 11.6 Å². The number of nitrogens with two attached hydrogens (primary N) is 1. The second-order valence-electron chi connectivity index (χ2n) is 5.74. The minimum Gasteiger partial charge on any atom is -0.379 e. The zero-order valence-corrected chi connectivity index (χ0v) is 13.0. The van der Waals surface area contributed by atoms with Crippen molar-refractivity contribution in [2.24, 2.45) is 5.73 Å². The van der Waals surface area contributed by atoms with Gasteiger partial charge in [-0.15, -0.1) is 5.10 Å². The van der Waals surface area contributed by atoms with Gasteiger partial charge in [-0.05, 0) is 39.0 Å². The molecule has 1 amide bonds. The molecule has 0 atom stereocenters. The third-order valence-electron chi connectivity index (χ3n) is 2.93. The Morgan fingerprint density at radius 1 is 1.43 bits per heavy atom. The number of hydrogen-bond acceptors (Lipinski definition) is 4. The third-order valence-corrected chi connectivity index (χ3v) is 3.26. The van der Waals surface area contributed by atoms with Gasteiger partial charge in [0.25, 0.3) is 0 Å². The second-order valence-corrected chi connectivity index (χ2v) is 6.14. The number of rotatable bonds is 4. The summed E-state index contributed by atoms with van der Waals surface area (Å²) in [6.45, 7) is 6.65. The molecule has 0 aliphatic rings. The fourth-order valence-electron chi connectivity index (χ4n) is 1.72.